The number of rotatable bonds is 1. The predicted molar refractivity (Wildman–Crippen MR) is 71.1 cm³/mol. The quantitative estimate of drug-likeness (QED) is 0.794. The van der Waals surface area contributed by atoms with Crippen molar-refractivity contribution in [3.63, 3.8) is 0 Å². The molecule has 0 unspecified atom stereocenters. The Morgan fingerprint density at radius 3 is 2.83 bits per heavy atom. The smallest absolute Gasteiger partial charge is 0.220 e. The highest BCUT2D eigenvalue weighted by molar-refractivity contribution is 5.77. The molecule has 1 aromatic carbocycles. The molecule has 0 saturated carbocycles. The Kier molecular flexibility index (Phi) is 2.86. The Balaban J connectivity index is 1.83. The number of carbonyl (C=O) groups is 1. The van der Waals surface area contributed by atoms with Gasteiger partial charge in [-0.3, -0.25) is 4.79 Å². The monoisotopic (exact) mass is 244 g/mol. The molecule has 3 nitrogen and oxygen atoms in total. The Bertz CT molecular complexity index is 445. The molecule has 2 N–H and O–H groups in total. The van der Waals surface area contributed by atoms with Crippen LogP contribution in [0.4, 0.5) is 0 Å². The van der Waals surface area contributed by atoms with E-state index in [9.17, 15) is 4.79 Å². The van der Waals surface area contributed by atoms with Gasteiger partial charge in [0.05, 0.1) is 5.54 Å². The first-order chi connectivity index (χ1) is 8.67. The first-order valence-corrected chi connectivity index (χ1v) is 6.79. The van der Waals surface area contributed by atoms with Crippen LogP contribution < -0.4 is 10.6 Å². The SMILES string of the molecule is C[C@]12C[C@@H](c3ccccc3)N[C@H]1CCCC(=O)N2. The van der Waals surface area contributed by atoms with Crippen molar-refractivity contribution in [1.29, 1.82) is 0 Å². The van der Waals surface area contributed by atoms with Gasteiger partial charge in [-0.2, -0.15) is 0 Å². The van der Waals surface area contributed by atoms with E-state index < -0.39 is 0 Å². The first-order valence-electron chi connectivity index (χ1n) is 6.79. The minimum Gasteiger partial charge on any atom is -0.349 e. The van der Waals surface area contributed by atoms with Crippen LogP contribution in [-0.2, 0) is 4.79 Å². The zero-order valence-corrected chi connectivity index (χ0v) is 10.8. The number of carbonyl (C=O) groups excluding carboxylic acids is 1. The van der Waals surface area contributed by atoms with Crippen molar-refractivity contribution in [2.75, 3.05) is 0 Å². The molecular weight excluding hydrogens is 224 g/mol. The van der Waals surface area contributed by atoms with E-state index >= 15 is 0 Å². The second-order valence-corrected chi connectivity index (χ2v) is 5.74. The third-order valence-corrected chi connectivity index (χ3v) is 4.32. The summed E-state index contributed by atoms with van der Waals surface area (Å²) in [6.07, 6.45) is 3.72. The van der Waals surface area contributed by atoms with Crippen molar-refractivity contribution in [2.45, 2.75) is 50.2 Å². The van der Waals surface area contributed by atoms with Gasteiger partial charge in [-0.1, -0.05) is 30.3 Å². The lowest BCUT2D eigenvalue weighted by atomic mass is 9.88. The van der Waals surface area contributed by atoms with Gasteiger partial charge in [-0.15, -0.1) is 0 Å². The van der Waals surface area contributed by atoms with Crippen LogP contribution in [0, 0.1) is 0 Å². The topological polar surface area (TPSA) is 41.1 Å². The van der Waals surface area contributed by atoms with E-state index in [0.717, 1.165) is 19.3 Å². The maximum Gasteiger partial charge on any atom is 0.220 e. The largest absolute Gasteiger partial charge is 0.349 e. The zero-order valence-electron chi connectivity index (χ0n) is 10.8. The molecule has 0 bridgehead atoms. The van der Waals surface area contributed by atoms with Gasteiger partial charge in [-0.25, -0.2) is 0 Å². The van der Waals surface area contributed by atoms with Crippen LogP contribution in [-0.4, -0.2) is 17.5 Å². The second kappa shape index (κ2) is 4.39. The van der Waals surface area contributed by atoms with Gasteiger partial charge >= 0.3 is 0 Å². The van der Waals surface area contributed by atoms with Crippen LogP contribution in [0.15, 0.2) is 30.3 Å². The van der Waals surface area contributed by atoms with Crippen molar-refractivity contribution in [2.24, 2.45) is 0 Å². The Hall–Kier alpha value is -1.35. The molecule has 0 spiro atoms. The van der Waals surface area contributed by atoms with Crippen LogP contribution in [0.1, 0.15) is 44.2 Å². The molecule has 0 aromatic heterocycles. The number of nitrogens with one attached hydrogen (secondary N) is 2. The Morgan fingerprint density at radius 2 is 2.06 bits per heavy atom. The van der Waals surface area contributed by atoms with Crippen molar-refractivity contribution in [1.82, 2.24) is 10.6 Å². The summed E-state index contributed by atoms with van der Waals surface area (Å²) in [4.78, 5) is 11.7. The van der Waals surface area contributed by atoms with Crippen molar-refractivity contribution < 1.29 is 4.79 Å². The molecule has 18 heavy (non-hydrogen) atoms. The molecule has 1 aromatic rings. The lowest BCUT2D eigenvalue weighted by molar-refractivity contribution is -0.122. The average molecular weight is 244 g/mol. The summed E-state index contributed by atoms with van der Waals surface area (Å²) < 4.78 is 0. The van der Waals surface area contributed by atoms with Crippen LogP contribution in [0.25, 0.3) is 0 Å². The zero-order chi connectivity index (χ0) is 12.6. The molecular formula is C15H20N2O. The summed E-state index contributed by atoms with van der Waals surface area (Å²) in [5, 5.41) is 6.91. The Labute approximate surface area is 108 Å². The number of amides is 1. The van der Waals surface area contributed by atoms with Gasteiger partial charge in [0.1, 0.15) is 0 Å². The van der Waals surface area contributed by atoms with Gasteiger partial charge in [0.25, 0.3) is 0 Å². The highest BCUT2D eigenvalue weighted by Gasteiger charge is 2.45. The lowest BCUT2D eigenvalue weighted by Crippen LogP contribution is -2.52. The van der Waals surface area contributed by atoms with Crippen LogP contribution in [0.5, 0.6) is 0 Å². The third-order valence-electron chi connectivity index (χ3n) is 4.32. The van der Waals surface area contributed by atoms with Crippen molar-refractivity contribution in [3.05, 3.63) is 35.9 Å². The maximum atomic E-state index is 11.7. The summed E-state index contributed by atoms with van der Waals surface area (Å²) in [6, 6.07) is 11.3. The molecule has 96 valence electrons. The summed E-state index contributed by atoms with van der Waals surface area (Å²) in [5.74, 6) is 0.204. The van der Waals surface area contributed by atoms with Gasteiger partial charge in [0.15, 0.2) is 0 Å². The van der Waals surface area contributed by atoms with Gasteiger partial charge in [-0.05, 0) is 31.7 Å². The molecule has 2 fully saturated rings. The summed E-state index contributed by atoms with van der Waals surface area (Å²) in [6.45, 7) is 2.18. The minimum absolute atomic E-state index is 0.0892. The normalized spacial score (nSPS) is 35.7. The molecule has 2 heterocycles. The first kappa shape index (κ1) is 11.7. The van der Waals surface area contributed by atoms with Gasteiger partial charge in [0, 0.05) is 18.5 Å². The summed E-state index contributed by atoms with van der Waals surface area (Å²) in [5.41, 5.74) is 1.23. The molecule has 2 aliphatic rings. The third kappa shape index (κ3) is 2.03. The number of hydrogen-bond donors (Lipinski definition) is 2. The highest BCUT2D eigenvalue weighted by Crippen LogP contribution is 2.37. The molecule has 3 atom stereocenters. The van der Waals surface area contributed by atoms with E-state index in [-0.39, 0.29) is 11.4 Å². The van der Waals surface area contributed by atoms with E-state index in [2.05, 4.69) is 41.8 Å². The van der Waals surface area contributed by atoms with E-state index in [4.69, 9.17) is 0 Å². The summed E-state index contributed by atoms with van der Waals surface area (Å²) >= 11 is 0. The fourth-order valence-corrected chi connectivity index (χ4v) is 3.34. The minimum atomic E-state index is -0.0892. The molecule has 0 aliphatic carbocycles. The van der Waals surface area contributed by atoms with E-state index in [1.54, 1.807) is 0 Å². The molecule has 3 rings (SSSR count). The van der Waals surface area contributed by atoms with Crippen LogP contribution in [0.2, 0.25) is 0 Å². The van der Waals surface area contributed by atoms with Crippen LogP contribution in [0.3, 0.4) is 0 Å². The van der Waals surface area contributed by atoms with E-state index in [0.29, 0.717) is 18.5 Å². The standard InChI is InChI=1S/C15H20N2O/c1-15-10-12(11-6-3-2-4-7-11)16-13(15)8-5-9-14(18)17-15/h2-4,6-7,12-13,16H,5,8-10H2,1H3,(H,17,18)/t12-,13-,15-/m0/s1. The molecule has 2 saturated heterocycles. The molecule has 0 radical (unpaired) electrons. The summed E-state index contributed by atoms with van der Waals surface area (Å²) in [7, 11) is 0. The number of fused-ring (bicyclic) bond motifs is 1. The fraction of sp³-hybridized carbons (Fsp3) is 0.533. The van der Waals surface area contributed by atoms with Crippen LogP contribution >= 0.6 is 0 Å². The lowest BCUT2D eigenvalue weighted by Gasteiger charge is -2.29. The predicted octanol–water partition coefficient (Wildman–Crippen LogP) is 2.15. The average Bonchev–Trinajstić information content (AvgIpc) is 2.61. The number of hydrogen-bond acceptors (Lipinski definition) is 2. The number of benzene rings is 1. The highest BCUT2D eigenvalue weighted by atomic mass is 16.1. The second-order valence-electron chi connectivity index (χ2n) is 5.74. The maximum absolute atomic E-state index is 11.7. The molecule has 1 amide bonds. The van der Waals surface area contributed by atoms with Crippen molar-refractivity contribution in [3.8, 4) is 0 Å². The fourth-order valence-electron chi connectivity index (χ4n) is 3.34. The van der Waals surface area contributed by atoms with Gasteiger partial charge in [0.2, 0.25) is 5.91 Å². The Morgan fingerprint density at radius 1 is 1.28 bits per heavy atom. The van der Waals surface area contributed by atoms with E-state index in [1.165, 1.54) is 5.56 Å². The van der Waals surface area contributed by atoms with Crippen molar-refractivity contribution >= 4 is 5.91 Å². The molecule has 2 aliphatic heterocycles. The molecule has 3 heteroatoms. The van der Waals surface area contributed by atoms with Gasteiger partial charge < -0.3 is 10.6 Å². The van der Waals surface area contributed by atoms with E-state index in [1.807, 2.05) is 6.07 Å².